The van der Waals surface area contributed by atoms with E-state index in [4.69, 9.17) is 9.41 Å². The molecule has 1 aromatic heterocycles. The van der Waals surface area contributed by atoms with Gasteiger partial charge >= 0.3 is 0 Å². The fourth-order valence-electron chi connectivity index (χ4n) is 5.80. The van der Waals surface area contributed by atoms with E-state index in [1.165, 1.54) is 25.7 Å². The molecule has 0 aromatic carbocycles. The number of nitrogens with zero attached hydrogens (tertiary/aromatic N) is 2. The summed E-state index contributed by atoms with van der Waals surface area (Å²) in [4.78, 5) is 19.7. The minimum absolute atomic E-state index is 0.183. The molecule has 2 N–H and O–H groups in total. The second kappa shape index (κ2) is 10.6. The Labute approximate surface area is 187 Å². The molecule has 2 saturated carbocycles. The van der Waals surface area contributed by atoms with E-state index in [2.05, 4.69) is 29.4 Å². The zero-order valence-corrected chi connectivity index (χ0v) is 19.3. The Hall–Kier alpha value is -1.98. The van der Waals surface area contributed by atoms with E-state index in [0.29, 0.717) is 18.0 Å². The summed E-state index contributed by atoms with van der Waals surface area (Å²) in [6, 6.07) is 4.88. The van der Waals surface area contributed by atoms with Gasteiger partial charge in [0.15, 0.2) is 5.96 Å². The van der Waals surface area contributed by atoms with Crippen LogP contribution in [0, 0.1) is 17.8 Å². The van der Waals surface area contributed by atoms with Crippen LogP contribution in [0.2, 0.25) is 0 Å². The number of hydrogen-bond donors (Lipinski definition) is 2. The van der Waals surface area contributed by atoms with Crippen molar-refractivity contribution in [1.29, 1.82) is 0 Å². The molecule has 2 bridgehead atoms. The first kappa shape index (κ1) is 22.2. The van der Waals surface area contributed by atoms with Crippen LogP contribution in [0.5, 0.6) is 0 Å². The number of rotatable bonds is 8. The number of guanidine groups is 1. The van der Waals surface area contributed by atoms with E-state index in [-0.39, 0.29) is 5.92 Å². The number of aliphatic imine (C=N–C) groups is 1. The van der Waals surface area contributed by atoms with Crippen molar-refractivity contribution in [3.8, 4) is 0 Å². The lowest BCUT2D eigenvalue weighted by Crippen LogP contribution is -2.53. The van der Waals surface area contributed by atoms with Crippen LogP contribution in [-0.2, 0) is 11.2 Å². The Bertz CT molecular complexity index is 720. The fourth-order valence-corrected chi connectivity index (χ4v) is 5.80. The van der Waals surface area contributed by atoms with Crippen LogP contribution >= 0.6 is 0 Å². The minimum Gasteiger partial charge on any atom is -0.469 e. The van der Waals surface area contributed by atoms with Gasteiger partial charge in [-0.1, -0.05) is 20.3 Å². The summed E-state index contributed by atoms with van der Waals surface area (Å²) >= 11 is 0. The smallest absolute Gasteiger partial charge is 0.225 e. The van der Waals surface area contributed by atoms with Crippen molar-refractivity contribution < 1.29 is 9.21 Å². The first-order valence-electron chi connectivity index (χ1n) is 12.5. The monoisotopic (exact) mass is 428 g/mol. The second-order valence-corrected chi connectivity index (χ2v) is 9.74. The molecule has 3 unspecified atom stereocenters. The molecule has 6 heteroatoms. The molecular formula is C25H40N4O2. The van der Waals surface area contributed by atoms with Crippen molar-refractivity contribution in [2.75, 3.05) is 19.6 Å². The van der Waals surface area contributed by atoms with E-state index < -0.39 is 0 Å². The first-order valence-corrected chi connectivity index (χ1v) is 12.5. The van der Waals surface area contributed by atoms with Crippen LogP contribution in [0.15, 0.2) is 27.8 Å². The zero-order valence-electron chi connectivity index (χ0n) is 19.3. The Balaban J connectivity index is 1.31. The summed E-state index contributed by atoms with van der Waals surface area (Å²) in [5, 5.41) is 7.48. The SMILES string of the molecule is CCC(CC)C(=O)N1CCC(NC(=NCCc2ccco2)NC2CC3CCC2C3)CC1. The van der Waals surface area contributed by atoms with Gasteiger partial charge in [-0.3, -0.25) is 9.79 Å². The molecular weight excluding hydrogens is 388 g/mol. The van der Waals surface area contributed by atoms with Gasteiger partial charge in [0.05, 0.1) is 6.26 Å². The Kier molecular flexibility index (Phi) is 7.57. The lowest BCUT2D eigenvalue weighted by Gasteiger charge is -2.35. The van der Waals surface area contributed by atoms with Crippen LogP contribution in [0.25, 0.3) is 0 Å². The minimum atomic E-state index is 0.183. The van der Waals surface area contributed by atoms with Gasteiger partial charge in [0.1, 0.15) is 5.76 Å². The third-order valence-electron chi connectivity index (χ3n) is 7.75. The molecule has 0 radical (unpaired) electrons. The van der Waals surface area contributed by atoms with E-state index in [9.17, 15) is 4.79 Å². The summed E-state index contributed by atoms with van der Waals surface area (Å²) in [6.07, 6.45) is 11.8. The summed E-state index contributed by atoms with van der Waals surface area (Å²) in [6.45, 7) is 6.65. The van der Waals surface area contributed by atoms with Gasteiger partial charge in [0, 0.05) is 44.1 Å². The van der Waals surface area contributed by atoms with Gasteiger partial charge in [-0.15, -0.1) is 0 Å². The lowest BCUT2D eigenvalue weighted by molar-refractivity contribution is -0.136. The molecule has 4 rings (SSSR count). The summed E-state index contributed by atoms with van der Waals surface area (Å²) in [5.41, 5.74) is 0. The third-order valence-corrected chi connectivity index (χ3v) is 7.75. The lowest BCUT2D eigenvalue weighted by atomic mass is 9.95. The molecule has 0 spiro atoms. The van der Waals surface area contributed by atoms with Gasteiger partial charge in [-0.05, 0) is 68.9 Å². The summed E-state index contributed by atoms with van der Waals surface area (Å²) < 4.78 is 5.46. The molecule has 172 valence electrons. The maximum Gasteiger partial charge on any atom is 0.225 e. The largest absolute Gasteiger partial charge is 0.469 e. The summed E-state index contributed by atoms with van der Waals surface area (Å²) in [5.74, 6) is 4.18. The summed E-state index contributed by atoms with van der Waals surface area (Å²) in [7, 11) is 0. The molecule has 3 aliphatic rings. The van der Waals surface area contributed by atoms with Crippen molar-refractivity contribution >= 4 is 11.9 Å². The van der Waals surface area contributed by atoms with E-state index >= 15 is 0 Å². The van der Waals surface area contributed by atoms with E-state index in [0.717, 1.165) is 75.3 Å². The Morgan fingerprint density at radius 3 is 2.58 bits per heavy atom. The van der Waals surface area contributed by atoms with E-state index in [1.54, 1.807) is 6.26 Å². The Morgan fingerprint density at radius 1 is 1.16 bits per heavy atom. The van der Waals surface area contributed by atoms with Crippen LogP contribution in [-0.4, -0.2) is 48.5 Å². The van der Waals surface area contributed by atoms with Gasteiger partial charge in [0.2, 0.25) is 5.91 Å². The molecule has 1 saturated heterocycles. The molecule has 2 aliphatic carbocycles. The van der Waals surface area contributed by atoms with Gasteiger partial charge in [-0.25, -0.2) is 0 Å². The number of nitrogens with one attached hydrogen (secondary N) is 2. The number of fused-ring (bicyclic) bond motifs is 2. The highest BCUT2D eigenvalue weighted by Gasteiger charge is 2.40. The van der Waals surface area contributed by atoms with Crippen LogP contribution in [0.3, 0.4) is 0 Å². The number of likely N-dealkylation sites (tertiary alicyclic amines) is 1. The second-order valence-electron chi connectivity index (χ2n) is 9.74. The highest BCUT2D eigenvalue weighted by atomic mass is 16.3. The van der Waals surface area contributed by atoms with Gasteiger partial charge < -0.3 is 20.0 Å². The maximum absolute atomic E-state index is 12.7. The topological polar surface area (TPSA) is 69.9 Å². The number of carbonyl (C=O) groups excluding carboxylic acids is 1. The quantitative estimate of drug-likeness (QED) is 0.485. The van der Waals surface area contributed by atoms with Crippen molar-refractivity contribution in [2.45, 2.75) is 83.7 Å². The number of amides is 1. The molecule has 1 aromatic rings. The van der Waals surface area contributed by atoms with Crippen molar-refractivity contribution in [3.63, 3.8) is 0 Å². The Morgan fingerprint density at radius 2 is 1.97 bits per heavy atom. The molecule has 1 amide bonds. The predicted octanol–water partition coefficient (Wildman–Crippen LogP) is 3.97. The van der Waals surface area contributed by atoms with Gasteiger partial charge in [0.25, 0.3) is 0 Å². The van der Waals surface area contributed by atoms with Crippen molar-refractivity contribution in [2.24, 2.45) is 22.7 Å². The normalized spacial score (nSPS) is 26.6. The highest BCUT2D eigenvalue weighted by molar-refractivity contribution is 5.81. The zero-order chi connectivity index (χ0) is 21.6. The average Bonchev–Trinajstić information content (AvgIpc) is 3.54. The van der Waals surface area contributed by atoms with Crippen molar-refractivity contribution in [3.05, 3.63) is 24.2 Å². The predicted molar refractivity (Wildman–Crippen MR) is 124 cm³/mol. The fraction of sp³-hybridized carbons (Fsp3) is 0.760. The first-order chi connectivity index (χ1) is 15.2. The maximum atomic E-state index is 12.7. The van der Waals surface area contributed by atoms with Crippen molar-refractivity contribution in [1.82, 2.24) is 15.5 Å². The molecule has 1 aliphatic heterocycles. The number of carbonyl (C=O) groups is 1. The molecule has 6 nitrogen and oxygen atoms in total. The van der Waals surface area contributed by atoms with Crippen LogP contribution < -0.4 is 10.6 Å². The standard InChI is InChI=1S/C25H40N4O2/c1-3-19(4-2)24(30)29-13-10-21(11-14-29)27-25(26-12-9-22-6-5-15-31-22)28-23-17-18-7-8-20(23)16-18/h5-6,15,18-21,23H,3-4,7-14,16-17H2,1-2H3,(H2,26,27,28). The third kappa shape index (κ3) is 5.64. The van der Waals surface area contributed by atoms with Crippen LogP contribution in [0.1, 0.15) is 71.0 Å². The molecule has 3 fully saturated rings. The molecule has 2 heterocycles. The average molecular weight is 429 g/mol. The number of furan rings is 1. The number of piperidine rings is 1. The van der Waals surface area contributed by atoms with Crippen LogP contribution in [0.4, 0.5) is 0 Å². The highest BCUT2D eigenvalue weighted by Crippen LogP contribution is 2.44. The molecule has 31 heavy (non-hydrogen) atoms. The van der Waals surface area contributed by atoms with E-state index in [1.807, 2.05) is 12.1 Å². The number of hydrogen-bond acceptors (Lipinski definition) is 3. The molecule has 3 atom stereocenters. The van der Waals surface area contributed by atoms with Gasteiger partial charge in [-0.2, -0.15) is 0 Å².